The van der Waals surface area contributed by atoms with E-state index in [0.29, 0.717) is 11.3 Å². The van der Waals surface area contributed by atoms with Crippen molar-refractivity contribution < 1.29 is 18.3 Å². The molecule has 0 spiro atoms. The lowest BCUT2D eigenvalue weighted by Crippen LogP contribution is -2.16. The molecule has 0 saturated heterocycles. The maximum absolute atomic E-state index is 12.5. The normalized spacial score (nSPS) is 11.2. The van der Waals surface area contributed by atoms with Crippen molar-refractivity contribution in [3.63, 3.8) is 0 Å². The van der Waals surface area contributed by atoms with Gasteiger partial charge in [0.2, 0.25) is 0 Å². The van der Waals surface area contributed by atoms with Gasteiger partial charge in [0, 0.05) is 3.57 Å². The highest BCUT2D eigenvalue weighted by atomic mass is 127. The number of sulfonamides is 1. The molecule has 0 fully saturated rings. The number of carboxylic acid groups (broad SMARTS) is 1. The molecule has 2 N–H and O–H groups in total. The number of aromatic carboxylic acids is 1. The third kappa shape index (κ3) is 3.58. The van der Waals surface area contributed by atoms with E-state index >= 15 is 0 Å². The van der Waals surface area contributed by atoms with Crippen LogP contribution in [0.15, 0.2) is 41.3 Å². The molecule has 2 aromatic rings. The number of aryl methyl sites for hydroxylation is 2. The van der Waals surface area contributed by atoms with E-state index in [1.54, 1.807) is 26.0 Å². The standard InChI is InChI=1S/C15H14INO4S/c1-9-3-4-11(15(18)19)8-14(9)22(20,21)17-13-6-5-12(16)7-10(13)2/h3-8,17H,1-2H3,(H,18,19). The number of rotatable bonds is 4. The van der Waals surface area contributed by atoms with Gasteiger partial charge in [0.25, 0.3) is 10.0 Å². The summed E-state index contributed by atoms with van der Waals surface area (Å²) >= 11 is 2.15. The topological polar surface area (TPSA) is 83.5 Å². The van der Waals surface area contributed by atoms with E-state index in [-0.39, 0.29) is 10.5 Å². The van der Waals surface area contributed by atoms with Crippen molar-refractivity contribution in [2.45, 2.75) is 18.7 Å². The zero-order valence-electron chi connectivity index (χ0n) is 11.9. The summed E-state index contributed by atoms with van der Waals surface area (Å²) in [6.45, 7) is 3.43. The highest BCUT2D eigenvalue weighted by Crippen LogP contribution is 2.24. The largest absolute Gasteiger partial charge is 0.478 e. The molecule has 0 amide bonds. The minimum absolute atomic E-state index is 0.0367. The molecule has 7 heteroatoms. The molecule has 0 radical (unpaired) electrons. The highest BCUT2D eigenvalue weighted by molar-refractivity contribution is 14.1. The molecule has 0 bridgehead atoms. The molecule has 0 aliphatic heterocycles. The minimum Gasteiger partial charge on any atom is -0.478 e. The number of carboxylic acids is 1. The molecule has 0 aliphatic carbocycles. The van der Waals surface area contributed by atoms with Gasteiger partial charge in [0.05, 0.1) is 16.1 Å². The van der Waals surface area contributed by atoms with Crippen LogP contribution < -0.4 is 4.72 Å². The second-order valence-corrected chi connectivity index (χ2v) is 7.75. The van der Waals surface area contributed by atoms with Gasteiger partial charge < -0.3 is 5.11 Å². The van der Waals surface area contributed by atoms with Gasteiger partial charge in [-0.2, -0.15) is 0 Å². The molecule has 0 saturated carbocycles. The predicted molar refractivity (Wildman–Crippen MR) is 92.8 cm³/mol. The summed E-state index contributed by atoms with van der Waals surface area (Å²) in [6, 6.07) is 9.38. The van der Waals surface area contributed by atoms with Gasteiger partial charge in [-0.25, -0.2) is 13.2 Å². The lowest BCUT2D eigenvalue weighted by Gasteiger charge is -2.13. The van der Waals surface area contributed by atoms with Crippen LogP contribution in [0.4, 0.5) is 5.69 Å². The maximum Gasteiger partial charge on any atom is 0.335 e. The molecule has 0 unspecified atom stereocenters. The SMILES string of the molecule is Cc1cc(I)ccc1NS(=O)(=O)c1cc(C(=O)O)ccc1C. The number of halogens is 1. The number of benzene rings is 2. The van der Waals surface area contributed by atoms with Crippen LogP contribution in [0.3, 0.4) is 0 Å². The summed E-state index contributed by atoms with van der Waals surface area (Å²) < 4.78 is 28.6. The lowest BCUT2D eigenvalue weighted by atomic mass is 10.1. The summed E-state index contributed by atoms with van der Waals surface area (Å²) in [5.74, 6) is -1.16. The molecule has 2 rings (SSSR count). The first-order valence-electron chi connectivity index (χ1n) is 6.33. The average Bonchev–Trinajstić information content (AvgIpc) is 2.42. The van der Waals surface area contributed by atoms with Crippen LogP contribution in [0.2, 0.25) is 0 Å². The molecular weight excluding hydrogens is 417 g/mol. The first kappa shape index (κ1) is 16.8. The second kappa shape index (κ2) is 6.25. The lowest BCUT2D eigenvalue weighted by molar-refractivity contribution is 0.0696. The Morgan fingerprint density at radius 2 is 1.77 bits per heavy atom. The average molecular weight is 431 g/mol. The molecular formula is C15H14INO4S. The van der Waals surface area contributed by atoms with Crippen molar-refractivity contribution in [3.05, 3.63) is 56.7 Å². The van der Waals surface area contributed by atoms with Crippen LogP contribution in [-0.2, 0) is 10.0 Å². The minimum atomic E-state index is -3.85. The van der Waals surface area contributed by atoms with Crippen molar-refractivity contribution in [2.75, 3.05) is 4.72 Å². The molecule has 0 atom stereocenters. The molecule has 5 nitrogen and oxygen atoms in total. The van der Waals surface area contributed by atoms with E-state index in [4.69, 9.17) is 5.11 Å². The van der Waals surface area contributed by atoms with Gasteiger partial charge in [-0.05, 0) is 77.9 Å². The maximum atomic E-state index is 12.5. The van der Waals surface area contributed by atoms with Crippen LogP contribution in [0, 0.1) is 17.4 Å². The van der Waals surface area contributed by atoms with Crippen molar-refractivity contribution in [2.24, 2.45) is 0 Å². The Labute approximate surface area is 142 Å². The molecule has 116 valence electrons. The Bertz CT molecular complexity index is 847. The summed E-state index contributed by atoms with van der Waals surface area (Å²) in [5, 5.41) is 9.01. The Kier molecular flexibility index (Phi) is 4.76. The fourth-order valence-electron chi connectivity index (χ4n) is 1.96. The third-order valence-corrected chi connectivity index (χ3v) is 5.34. The zero-order valence-corrected chi connectivity index (χ0v) is 14.9. The van der Waals surface area contributed by atoms with Crippen LogP contribution in [-0.4, -0.2) is 19.5 Å². The van der Waals surface area contributed by atoms with Crippen LogP contribution >= 0.6 is 22.6 Å². The number of anilines is 1. The van der Waals surface area contributed by atoms with Crippen molar-refractivity contribution >= 4 is 44.3 Å². The van der Waals surface area contributed by atoms with Crippen molar-refractivity contribution in [3.8, 4) is 0 Å². The summed E-state index contributed by atoms with van der Waals surface area (Å²) in [6.07, 6.45) is 0. The van der Waals surface area contributed by atoms with Crippen molar-refractivity contribution in [1.29, 1.82) is 0 Å². The van der Waals surface area contributed by atoms with Crippen LogP contribution in [0.5, 0.6) is 0 Å². The Morgan fingerprint density at radius 1 is 1.09 bits per heavy atom. The Balaban J connectivity index is 2.46. The van der Waals surface area contributed by atoms with Gasteiger partial charge >= 0.3 is 5.97 Å². The molecule has 2 aromatic carbocycles. The molecule has 0 heterocycles. The fraction of sp³-hybridized carbons (Fsp3) is 0.133. The van der Waals surface area contributed by atoms with E-state index in [1.165, 1.54) is 18.2 Å². The zero-order chi connectivity index (χ0) is 16.5. The molecule has 22 heavy (non-hydrogen) atoms. The smallest absolute Gasteiger partial charge is 0.335 e. The Morgan fingerprint density at radius 3 is 2.36 bits per heavy atom. The van der Waals surface area contributed by atoms with Gasteiger partial charge in [-0.1, -0.05) is 6.07 Å². The Hall–Kier alpha value is -1.61. The molecule has 0 aromatic heterocycles. The quantitative estimate of drug-likeness (QED) is 0.727. The summed E-state index contributed by atoms with van der Waals surface area (Å²) in [7, 11) is -3.85. The highest BCUT2D eigenvalue weighted by Gasteiger charge is 2.19. The van der Waals surface area contributed by atoms with E-state index in [0.717, 1.165) is 9.13 Å². The van der Waals surface area contributed by atoms with Crippen LogP contribution in [0.25, 0.3) is 0 Å². The van der Waals surface area contributed by atoms with Gasteiger partial charge in [0.1, 0.15) is 0 Å². The summed E-state index contributed by atoms with van der Waals surface area (Å²) in [4.78, 5) is 11.0. The predicted octanol–water partition coefficient (Wildman–Crippen LogP) is 3.41. The van der Waals surface area contributed by atoms with E-state index < -0.39 is 16.0 Å². The van der Waals surface area contributed by atoms with Gasteiger partial charge in [-0.3, -0.25) is 4.72 Å². The first-order chi connectivity index (χ1) is 10.2. The number of hydrogen-bond donors (Lipinski definition) is 2. The number of carbonyl (C=O) groups is 1. The van der Waals surface area contributed by atoms with E-state index in [9.17, 15) is 13.2 Å². The second-order valence-electron chi connectivity index (χ2n) is 4.85. The van der Waals surface area contributed by atoms with E-state index in [1.807, 2.05) is 6.07 Å². The van der Waals surface area contributed by atoms with Crippen molar-refractivity contribution in [1.82, 2.24) is 0 Å². The van der Waals surface area contributed by atoms with Gasteiger partial charge in [0.15, 0.2) is 0 Å². The van der Waals surface area contributed by atoms with Crippen LogP contribution in [0.1, 0.15) is 21.5 Å². The number of nitrogens with one attached hydrogen (secondary N) is 1. The summed E-state index contributed by atoms with van der Waals surface area (Å²) in [5.41, 5.74) is 1.69. The fourth-order valence-corrected chi connectivity index (χ4v) is 4.01. The van der Waals surface area contributed by atoms with Gasteiger partial charge in [-0.15, -0.1) is 0 Å². The monoisotopic (exact) mass is 431 g/mol. The molecule has 0 aliphatic rings. The number of hydrogen-bond acceptors (Lipinski definition) is 3. The van der Waals surface area contributed by atoms with E-state index in [2.05, 4.69) is 27.3 Å². The third-order valence-electron chi connectivity index (χ3n) is 3.16. The first-order valence-corrected chi connectivity index (χ1v) is 8.90.